The Bertz CT molecular complexity index is 1330. The molecule has 10 heteroatoms. The van der Waals surface area contributed by atoms with Gasteiger partial charge in [0.05, 0.1) is 49.1 Å². The van der Waals surface area contributed by atoms with Crippen molar-refractivity contribution in [2.24, 2.45) is 5.73 Å². The van der Waals surface area contributed by atoms with E-state index in [1.165, 1.54) is 12.1 Å². The van der Waals surface area contributed by atoms with E-state index >= 15 is 4.39 Å². The Kier molecular flexibility index (Phi) is 7.98. The molecule has 1 fully saturated rings. The van der Waals surface area contributed by atoms with Crippen LogP contribution >= 0.6 is 0 Å². The molecule has 38 heavy (non-hydrogen) atoms. The fraction of sp³-hybridized carbons (Fsp3) is 0.321. The summed E-state index contributed by atoms with van der Waals surface area (Å²) in [6, 6.07) is 14.9. The number of para-hydroxylation sites is 1. The molecule has 1 atom stereocenters. The van der Waals surface area contributed by atoms with Crippen LogP contribution in [0.4, 0.5) is 15.8 Å². The first kappa shape index (κ1) is 26.7. The number of nitrogens with zero attached hydrogens (tertiary/aromatic N) is 2. The van der Waals surface area contributed by atoms with E-state index in [1.807, 2.05) is 0 Å². The number of nitrogens with one attached hydrogen (secondary N) is 1. The molecule has 1 unspecified atom stereocenters. The van der Waals surface area contributed by atoms with Crippen molar-refractivity contribution in [1.82, 2.24) is 0 Å². The average molecular weight is 521 g/mol. The zero-order valence-electron chi connectivity index (χ0n) is 21.1. The molecule has 0 amide bonds. The van der Waals surface area contributed by atoms with E-state index in [1.54, 1.807) is 36.4 Å². The Balaban J connectivity index is 1.97. The second-order valence-electron chi connectivity index (χ2n) is 9.12. The highest BCUT2D eigenvalue weighted by Gasteiger charge is 2.44. The molecule has 0 radical (unpaired) electrons. The number of hydrogen-bond acceptors (Lipinski definition) is 9. The van der Waals surface area contributed by atoms with Crippen molar-refractivity contribution in [1.29, 1.82) is 5.26 Å². The van der Waals surface area contributed by atoms with E-state index < -0.39 is 23.7 Å². The number of rotatable bonds is 6. The number of aliphatic hydroxyl groups is 1. The second-order valence-corrected chi connectivity index (χ2v) is 9.12. The molecule has 0 bridgehead atoms. The average Bonchev–Trinajstić information content (AvgIpc) is 2.93. The second kappa shape index (κ2) is 11.4. The van der Waals surface area contributed by atoms with Crippen LogP contribution < -0.4 is 16.0 Å². The number of benzene rings is 2. The third kappa shape index (κ3) is 4.93. The van der Waals surface area contributed by atoms with Crippen LogP contribution in [0.15, 0.2) is 71.2 Å². The first-order chi connectivity index (χ1) is 18.3. The van der Waals surface area contributed by atoms with E-state index in [9.17, 15) is 20.0 Å². The minimum Gasteiger partial charge on any atom is -0.466 e. The number of hydrogen-bond donors (Lipinski definition) is 3. The maximum atomic E-state index is 15.7. The van der Waals surface area contributed by atoms with Crippen LogP contribution in [-0.2, 0) is 19.1 Å². The lowest BCUT2D eigenvalue weighted by atomic mass is 9.81. The molecule has 2 aromatic rings. The van der Waals surface area contributed by atoms with Gasteiger partial charge < -0.3 is 25.6 Å². The number of carbonyl (C=O) groups excluding carboxylic acids is 2. The molecular weight excluding hydrogens is 491 g/mol. The van der Waals surface area contributed by atoms with Gasteiger partial charge in [0.1, 0.15) is 23.0 Å². The van der Waals surface area contributed by atoms with Crippen molar-refractivity contribution in [3.05, 3.63) is 82.6 Å². The predicted octanol–water partition coefficient (Wildman–Crippen LogP) is 3.44. The standard InChI is InChI=1S/C28H29FN4O5/c1-37-27(35)23-22(16-7-4-3-5-8-16)19(15-30)26(31)33(25(23)28(36)38-2)24-20(29)9-6-10-21(24)32-17-11-13-18(34)14-12-17/h3-10,17-18,22,32,34H,11-14,31H2,1-2H3. The van der Waals surface area contributed by atoms with Gasteiger partial charge in [-0.2, -0.15) is 5.26 Å². The largest absolute Gasteiger partial charge is 0.466 e. The number of methoxy groups -OCH3 is 2. The highest BCUT2D eigenvalue weighted by Crippen LogP contribution is 2.45. The molecule has 1 heterocycles. The normalized spacial score (nSPS) is 21.6. The molecule has 2 aliphatic rings. The number of carbonyl (C=O) groups is 2. The number of aliphatic hydroxyl groups excluding tert-OH is 1. The van der Waals surface area contributed by atoms with E-state index in [2.05, 4.69) is 11.4 Å². The van der Waals surface area contributed by atoms with Crippen molar-refractivity contribution in [2.45, 2.75) is 43.7 Å². The van der Waals surface area contributed by atoms with Crippen LogP contribution in [0.1, 0.15) is 37.2 Å². The smallest absolute Gasteiger partial charge is 0.355 e. The van der Waals surface area contributed by atoms with Gasteiger partial charge in [-0.25, -0.2) is 14.0 Å². The van der Waals surface area contributed by atoms with Gasteiger partial charge in [-0.1, -0.05) is 36.4 Å². The maximum Gasteiger partial charge on any atom is 0.355 e. The van der Waals surface area contributed by atoms with Crippen LogP contribution in [0, 0.1) is 17.1 Å². The Morgan fingerprint density at radius 2 is 1.71 bits per heavy atom. The summed E-state index contributed by atoms with van der Waals surface area (Å²) in [5.41, 5.74) is 6.60. The first-order valence-electron chi connectivity index (χ1n) is 12.2. The Morgan fingerprint density at radius 3 is 2.32 bits per heavy atom. The van der Waals surface area contributed by atoms with Crippen molar-refractivity contribution in [2.75, 3.05) is 24.4 Å². The molecule has 0 saturated heterocycles. The quantitative estimate of drug-likeness (QED) is 0.489. The van der Waals surface area contributed by atoms with Crippen LogP contribution in [0.25, 0.3) is 0 Å². The third-order valence-corrected chi connectivity index (χ3v) is 6.88. The molecule has 0 spiro atoms. The van der Waals surface area contributed by atoms with Gasteiger partial charge >= 0.3 is 11.9 Å². The lowest BCUT2D eigenvalue weighted by Crippen LogP contribution is -2.41. The van der Waals surface area contributed by atoms with E-state index in [0.29, 0.717) is 36.9 Å². The zero-order valence-corrected chi connectivity index (χ0v) is 21.1. The number of ether oxygens (including phenoxy) is 2. The summed E-state index contributed by atoms with van der Waals surface area (Å²) >= 11 is 0. The molecule has 9 nitrogen and oxygen atoms in total. The molecule has 4 rings (SSSR count). The van der Waals surface area contributed by atoms with Crippen molar-refractivity contribution < 1.29 is 28.6 Å². The summed E-state index contributed by atoms with van der Waals surface area (Å²) in [5, 5.41) is 23.4. The Labute approximate surface area is 219 Å². The topological polar surface area (TPSA) is 138 Å². The molecule has 1 saturated carbocycles. The van der Waals surface area contributed by atoms with Crippen LogP contribution in [0.5, 0.6) is 0 Å². The van der Waals surface area contributed by atoms with Gasteiger partial charge in [0.25, 0.3) is 0 Å². The molecule has 1 aliphatic carbocycles. The van der Waals surface area contributed by atoms with Crippen molar-refractivity contribution in [3.63, 3.8) is 0 Å². The van der Waals surface area contributed by atoms with Gasteiger partial charge in [0.15, 0.2) is 0 Å². The van der Waals surface area contributed by atoms with Crippen molar-refractivity contribution in [3.8, 4) is 6.07 Å². The first-order valence-corrected chi connectivity index (χ1v) is 12.2. The Morgan fingerprint density at radius 1 is 1.05 bits per heavy atom. The van der Waals surface area contributed by atoms with Gasteiger partial charge in [-0.05, 0) is 43.4 Å². The fourth-order valence-electron chi connectivity index (χ4n) is 5.04. The molecule has 4 N–H and O–H groups in total. The summed E-state index contributed by atoms with van der Waals surface area (Å²) in [4.78, 5) is 27.6. The lowest BCUT2D eigenvalue weighted by molar-refractivity contribution is -0.139. The predicted molar refractivity (Wildman–Crippen MR) is 138 cm³/mol. The number of esters is 2. The van der Waals surface area contributed by atoms with Crippen LogP contribution in [0.3, 0.4) is 0 Å². The summed E-state index contributed by atoms with van der Waals surface area (Å²) in [5.74, 6) is -3.86. The minimum absolute atomic E-state index is 0.0563. The maximum absolute atomic E-state index is 15.7. The highest BCUT2D eigenvalue weighted by molar-refractivity contribution is 6.07. The number of halogens is 1. The van der Waals surface area contributed by atoms with Gasteiger partial charge in [0.2, 0.25) is 0 Å². The van der Waals surface area contributed by atoms with E-state index in [-0.39, 0.29) is 40.5 Å². The zero-order chi connectivity index (χ0) is 27.4. The SMILES string of the molecule is COC(=O)C1=C(C(=O)OC)N(c2c(F)cccc2NC2CCC(O)CC2)C(N)=C(C#N)C1c1ccccc1. The Hall–Kier alpha value is -4.36. The van der Waals surface area contributed by atoms with Crippen LogP contribution in [0.2, 0.25) is 0 Å². The number of nitrogens with two attached hydrogens (primary N) is 1. The number of allylic oxidation sites excluding steroid dienone is 1. The van der Waals surface area contributed by atoms with Crippen LogP contribution in [-0.4, -0.2) is 43.4 Å². The number of nitriles is 1. The van der Waals surface area contributed by atoms with Gasteiger partial charge in [0, 0.05) is 6.04 Å². The molecular formula is C28H29FN4O5. The van der Waals surface area contributed by atoms with E-state index in [4.69, 9.17) is 15.2 Å². The van der Waals surface area contributed by atoms with Crippen molar-refractivity contribution >= 4 is 23.3 Å². The fourth-order valence-corrected chi connectivity index (χ4v) is 5.04. The third-order valence-electron chi connectivity index (χ3n) is 6.88. The van der Waals surface area contributed by atoms with E-state index in [0.717, 1.165) is 19.1 Å². The molecule has 1 aliphatic heterocycles. The monoisotopic (exact) mass is 520 g/mol. The summed E-state index contributed by atoms with van der Waals surface area (Å²) in [6.45, 7) is 0. The lowest BCUT2D eigenvalue weighted by Gasteiger charge is -2.37. The summed E-state index contributed by atoms with van der Waals surface area (Å²) in [7, 11) is 2.28. The molecule has 198 valence electrons. The molecule has 2 aromatic carbocycles. The minimum atomic E-state index is -1.05. The molecule has 0 aromatic heterocycles. The number of anilines is 2. The van der Waals surface area contributed by atoms with Gasteiger partial charge in [-0.15, -0.1) is 0 Å². The summed E-state index contributed by atoms with van der Waals surface area (Å²) < 4.78 is 25.7. The van der Waals surface area contributed by atoms with Gasteiger partial charge in [-0.3, -0.25) is 4.90 Å². The highest BCUT2D eigenvalue weighted by atomic mass is 19.1. The summed E-state index contributed by atoms with van der Waals surface area (Å²) in [6.07, 6.45) is 2.09.